The normalized spacial score (nSPS) is 19.5. The molecule has 0 aliphatic carbocycles. The van der Waals surface area contributed by atoms with Crippen molar-refractivity contribution in [2.24, 2.45) is 0 Å². The van der Waals surface area contributed by atoms with E-state index in [9.17, 15) is 9.50 Å². The van der Waals surface area contributed by atoms with Gasteiger partial charge in [0, 0.05) is 5.41 Å². The molecule has 0 amide bonds. The summed E-state index contributed by atoms with van der Waals surface area (Å²) in [4.78, 5) is 0. The molecule has 1 heterocycles. The van der Waals surface area contributed by atoms with Crippen molar-refractivity contribution >= 4 is 0 Å². The van der Waals surface area contributed by atoms with Gasteiger partial charge in [0.2, 0.25) is 0 Å². The van der Waals surface area contributed by atoms with E-state index in [1.54, 1.807) is 6.07 Å². The molecule has 1 aliphatic rings. The Bertz CT molecular complexity index is 768. The van der Waals surface area contributed by atoms with Crippen molar-refractivity contribution in [3.63, 3.8) is 0 Å². The number of ether oxygens (including phenoxy) is 3. The monoisotopic (exact) mass is 360 g/mol. The second kappa shape index (κ2) is 6.89. The molecule has 140 valence electrons. The number of halogens is 1. The molecule has 3 rings (SSSR count). The van der Waals surface area contributed by atoms with Crippen LogP contribution in [0.1, 0.15) is 38.8 Å². The first-order valence-corrected chi connectivity index (χ1v) is 8.71. The van der Waals surface area contributed by atoms with Gasteiger partial charge in [0.25, 0.3) is 0 Å². The number of hydrogen-bond donors (Lipinski definition) is 1. The Labute approximate surface area is 153 Å². The molecule has 1 fully saturated rings. The van der Waals surface area contributed by atoms with E-state index in [0.29, 0.717) is 13.2 Å². The first kappa shape index (κ1) is 18.7. The molecule has 1 aliphatic heterocycles. The standard InChI is InChI=1S/C21H25FO4/c1-20(2,15-7-10-19(23)18(22)11-15)14-5-8-16(9-6-14)24-12-17-13-25-21(3,4)26-17/h5-11,17,23H,12-13H2,1-4H3. The molecule has 2 aromatic rings. The van der Waals surface area contributed by atoms with Gasteiger partial charge in [-0.1, -0.05) is 32.0 Å². The molecule has 0 bridgehead atoms. The quantitative estimate of drug-likeness (QED) is 0.859. The van der Waals surface area contributed by atoms with Crippen LogP contribution in [0.25, 0.3) is 0 Å². The van der Waals surface area contributed by atoms with E-state index in [2.05, 4.69) is 0 Å². The third-order valence-electron chi connectivity index (χ3n) is 4.75. The van der Waals surface area contributed by atoms with Crippen molar-refractivity contribution in [1.29, 1.82) is 0 Å². The smallest absolute Gasteiger partial charge is 0.165 e. The fraction of sp³-hybridized carbons (Fsp3) is 0.429. The highest BCUT2D eigenvalue weighted by Gasteiger charge is 2.33. The van der Waals surface area contributed by atoms with Crippen molar-refractivity contribution < 1.29 is 23.7 Å². The summed E-state index contributed by atoms with van der Waals surface area (Å²) < 4.78 is 30.7. The number of rotatable bonds is 5. The van der Waals surface area contributed by atoms with Crippen LogP contribution in [0.3, 0.4) is 0 Å². The van der Waals surface area contributed by atoms with Crippen molar-refractivity contribution in [1.82, 2.24) is 0 Å². The molecule has 0 saturated carbocycles. The van der Waals surface area contributed by atoms with Crippen LogP contribution in [0.15, 0.2) is 42.5 Å². The maximum Gasteiger partial charge on any atom is 0.165 e. The summed E-state index contributed by atoms with van der Waals surface area (Å²) in [6.45, 7) is 8.74. The minimum atomic E-state index is -0.614. The molecule has 1 atom stereocenters. The van der Waals surface area contributed by atoms with Crippen LogP contribution >= 0.6 is 0 Å². The Balaban J connectivity index is 1.67. The Hall–Kier alpha value is -2.11. The highest BCUT2D eigenvalue weighted by Crippen LogP contribution is 2.34. The molecule has 5 heteroatoms. The van der Waals surface area contributed by atoms with Gasteiger partial charge in [-0.2, -0.15) is 0 Å². The summed E-state index contributed by atoms with van der Waals surface area (Å²) in [5.74, 6) is -0.761. The average molecular weight is 360 g/mol. The lowest BCUT2D eigenvalue weighted by Gasteiger charge is -2.26. The van der Waals surface area contributed by atoms with Crippen LogP contribution in [0.4, 0.5) is 4.39 Å². The highest BCUT2D eigenvalue weighted by molar-refractivity contribution is 5.42. The third kappa shape index (κ3) is 4.00. The van der Waals surface area contributed by atoms with Crippen LogP contribution in [0.2, 0.25) is 0 Å². The summed E-state index contributed by atoms with van der Waals surface area (Å²) in [6.07, 6.45) is -0.0823. The number of phenols is 1. The second-order valence-corrected chi connectivity index (χ2v) is 7.58. The van der Waals surface area contributed by atoms with Crippen LogP contribution < -0.4 is 4.74 Å². The van der Waals surface area contributed by atoms with Gasteiger partial charge in [-0.25, -0.2) is 4.39 Å². The molecule has 1 N–H and O–H groups in total. The van der Waals surface area contributed by atoms with Gasteiger partial charge >= 0.3 is 0 Å². The van der Waals surface area contributed by atoms with Crippen LogP contribution in [-0.2, 0) is 14.9 Å². The summed E-state index contributed by atoms with van der Waals surface area (Å²) in [6, 6.07) is 12.2. The van der Waals surface area contributed by atoms with E-state index in [4.69, 9.17) is 14.2 Å². The van der Waals surface area contributed by atoms with Crippen LogP contribution in [-0.4, -0.2) is 30.2 Å². The average Bonchev–Trinajstić information content (AvgIpc) is 2.95. The Morgan fingerprint density at radius 2 is 1.81 bits per heavy atom. The van der Waals surface area contributed by atoms with Gasteiger partial charge in [0.15, 0.2) is 17.4 Å². The Morgan fingerprint density at radius 3 is 2.38 bits per heavy atom. The summed E-state index contributed by atoms with van der Waals surface area (Å²) in [7, 11) is 0. The highest BCUT2D eigenvalue weighted by atomic mass is 19.1. The van der Waals surface area contributed by atoms with Crippen molar-refractivity contribution in [2.75, 3.05) is 13.2 Å². The fourth-order valence-electron chi connectivity index (χ4n) is 3.06. The fourth-order valence-corrected chi connectivity index (χ4v) is 3.06. The van der Waals surface area contributed by atoms with Crippen molar-refractivity contribution in [3.05, 3.63) is 59.4 Å². The molecule has 1 saturated heterocycles. The third-order valence-corrected chi connectivity index (χ3v) is 4.75. The topological polar surface area (TPSA) is 47.9 Å². The predicted octanol–water partition coefficient (Wildman–Crippen LogP) is 4.39. The molecule has 0 spiro atoms. The van der Waals surface area contributed by atoms with Gasteiger partial charge in [0.1, 0.15) is 18.5 Å². The lowest BCUT2D eigenvalue weighted by Crippen LogP contribution is -2.25. The minimum absolute atomic E-state index is 0.0823. The zero-order valence-electron chi connectivity index (χ0n) is 15.6. The molecule has 0 aromatic heterocycles. The lowest BCUT2D eigenvalue weighted by molar-refractivity contribution is -0.141. The summed E-state index contributed by atoms with van der Waals surface area (Å²) >= 11 is 0. The summed E-state index contributed by atoms with van der Waals surface area (Å²) in [5, 5.41) is 9.39. The molecule has 26 heavy (non-hydrogen) atoms. The maximum absolute atomic E-state index is 13.7. The minimum Gasteiger partial charge on any atom is -0.505 e. The number of aromatic hydroxyl groups is 1. The second-order valence-electron chi connectivity index (χ2n) is 7.58. The maximum atomic E-state index is 13.7. The number of hydrogen-bond acceptors (Lipinski definition) is 4. The van der Waals surface area contributed by atoms with E-state index in [0.717, 1.165) is 16.9 Å². The summed E-state index contributed by atoms with van der Waals surface area (Å²) in [5.41, 5.74) is 1.41. The van der Waals surface area contributed by atoms with E-state index in [1.165, 1.54) is 12.1 Å². The molecular formula is C21H25FO4. The first-order chi connectivity index (χ1) is 12.2. The predicted molar refractivity (Wildman–Crippen MR) is 97.0 cm³/mol. The van der Waals surface area contributed by atoms with E-state index in [-0.39, 0.29) is 11.9 Å². The van der Waals surface area contributed by atoms with Crippen LogP contribution in [0.5, 0.6) is 11.5 Å². The molecular weight excluding hydrogens is 335 g/mol. The first-order valence-electron chi connectivity index (χ1n) is 8.71. The number of phenolic OH excluding ortho intramolecular Hbond substituents is 1. The SMILES string of the molecule is CC1(C)OCC(COc2ccc(C(C)(C)c3ccc(O)c(F)c3)cc2)O1. The molecule has 0 radical (unpaired) electrons. The van der Waals surface area contributed by atoms with E-state index >= 15 is 0 Å². The van der Waals surface area contributed by atoms with E-state index in [1.807, 2.05) is 52.0 Å². The molecule has 2 aromatic carbocycles. The van der Waals surface area contributed by atoms with Gasteiger partial charge in [0.05, 0.1) is 6.61 Å². The van der Waals surface area contributed by atoms with Gasteiger partial charge < -0.3 is 19.3 Å². The van der Waals surface area contributed by atoms with Gasteiger partial charge in [-0.3, -0.25) is 0 Å². The van der Waals surface area contributed by atoms with Crippen molar-refractivity contribution in [2.45, 2.75) is 45.0 Å². The largest absolute Gasteiger partial charge is 0.505 e. The molecule has 1 unspecified atom stereocenters. The Morgan fingerprint density at radius 1 is 1.15 bits per heavy atom. The number of benzene rings is 2. The zero-order valence-corrected chi connectivity index (χ0v) is 15.6. The van der Waals surface area contributed by atoms with Crippen LogP contribution in [0, 0.1) is 5.82 Å². The van der Waals surface area contributed by atoms with E-state index < -0.39 is 17.0 Å². The molecule has 4 nitrogen and oxygen atoms in total. The zero-order chi connectivity index (χ0) is 18.9. The van der Waals surface area contributed by atoms with Gasteiger partial charge in [-0.15, -0.1) is 0 Å². The lowest BCUT2D eigenvalue weighted by atomic mass is 9.78. The van der Waals surface area contributed by atoms with Gasteiger partial charge in [-0.05, 0) is 49.2 Å². The Kier molecular flexibility index (Phi) is 4.95. The van der Waals surface area contributed by atoms with Crippen molar-refractivity contribution in [3.8, 4) is 11.5 Å².